The van der Waals surface area contributed by atoms with Crippen LogP contribution >= 0.6 is 0 Å². The van der Waals surface area contributed by atoms with Crippen molar-refractivity contribution in [1.82, 2.24) is 0 Å². The van der Waals surface area contributed by atoms with Crippen LogP contribution < -0.4 is 0 Å². The van der Waals surface area contributed by atoms with Crippen LogP contribution in [0.3, 0.4) is 0 Å². The lowest BCUT2D eigenvalue weighted by molar-refractivity contribution is -0.176. The van der Waals surface area contributed by atoms with Gasteiger partial charge in [0.1, 0.15) is 12.4 Å². The molecule has 0 aromatic rings. The van der Waals surface area contributed by atoms with E-state index in [2.05, 4.69) is 33.9 Å². The SMILES string of the molecule is C[C@@H]1[C@H](O[Si](C)(C)C(C)(C)C)[C@@H](C)C(=O)O[C@@H]1CC=O. The van der Waals surface area contributed by atoms with Gasteiger partial charge < -0.3 is 14.0 Å². The molecular formula is C15H28O4Si. The molecule has 20 heavy (non-hydrogen) atoms. The standard InChI is InChI=1S/C15H28O4Si/c1-10-12(8-9-16)18-14(17)11(2)13(10)19-20(6,7)15(3,4)5/h9-13H,8H2,1-7H3/t10-,11+,12+,13-/m0/s1. The predicted molar refractivity (Wildman–Crippen MR) is 81.0 cm³/mol. The highest BCUT2D eigenvalue weighted by atomic mass is 28.4. The van der Waals surface area contributed by atoms with E-state index in [4.69, 9.17) is 9.16 Å². The minimum atomic E-state index is -1.95. The Balaban J connectivity index is 2.95. The minimum Gasteiger partial charge on any atom is -0.461 e. The summed E-state index contributed by atoms with van der Waals surface area (Å²) in [7, 11) is -1.95. The molecule has 0 aliphatic carbocycles. The monoisotopic (exact) mass is 300 g/mol. The number of hydrogen-bond donors (Lipinski definition) is 0. The lowest BCUT2D eigenvalue weighted by Gasteiger charge is -2.45. The van der Waals surface area contributed by atoms with Gasteiger partial charge in [-0.15, -0.1) is 0 Å². The van der Waals surface area contributed by atoms with Crippen molar-refractivity contribution in [2.24, 2.45) is 11.8 Å². The summed E-state index contributed by atoms with van der Waals surface area (Å²) in [6, 6.07) is 0. The van der Waals surface area contributed by atoms with Crippen molar-refractivity contribution in [2.45, 2.75) is 71.4 Å². The van der Waals surface area contributed by atoms with Crippen LogP contribution in [0.1, 0.15) is 41.0 Å². The molecule has 1 rings (SSSR count). The first-order valence-electron chi connectivity index (χ1n) is 7.33. The topological polar surface area (TPSA) is 52.6 Å². The smallest absolute Gasteiger partial charge is 0.311 e. The summed E-state index contributed by atoms with van der Waals surface area (Å²) in [5.74, 6) is -0.484. The Labute approximate surface area is 123 Å². The first kappa shape index (κ1) is 17.4. The molecule has 5 heteroatoms. The van der Waals surface area contributed by atoms with Crippen LogP contribution in [-0.2, 0) is 18.8 Å². The first-order chi connectivity index (χ1) is 9.01. The quantitative estimate of drug-likeness (QED) is 0.454. The van der Waals surface area contributed by atoms with E-state index in [0.29, 0.717) is 0 Å². The number of esters is 1. The maximum Gasteiger partial charge on any atom is 0.311 e. The summed E-state index contributed by atoms with van der Waals surface area (Å²) in [6.45, 7) is 14.8. The number of carbonyl (C=O) groups is 2. The van der Waals surface area contributed by atoms with Gasteiger partial charge in [-0.1, -0.05) is 27.7 Å². The fraction of sp³-hybridized carbons (Fsp3) is 0.867. The Morgan fingerprint density at radius 1 is 1.30 bits per heavy atom. The van der Waals surface area contributed by atoms with Crippen LogP contribution in [0.15, 0.2) is 0 Å². The Morgan fingerprint density at radius 3 is 2.30 bits per heavy atom. The number of carbonyl (C=O) groups excluding carboxylic acids is 2. The van der Waals surface area contributed by atoms with Gasteiger partial charge in [-0.25, -0.2) is 0 Å². The average molecular weight is 300 g/mol. The molecule has 0 aromatic carbocycles. The maximum atomic E-state index is 12.0. The molecule has 0 spiro atoms. The second-order valence-corrected chi connectivity index (χ2v) is 12.1. The Morgan fingerprint density at radius 2 is 1.85 bits per heavy atom. The van der Waals surface area contributed by atoms with Gasteiger partial charge in [0.15, 0.2) is 8.32 Å². The number of rotatable bonds is 4. The van der Waals surface area contributed by atoms with Gasteiger partial charge in [-0.05, 0) is 25.1 Å². The summed E-state index contributed by atoms with van der Waals surface area (Å²) >= 11 is 0. The molecule has 4 nitrogen and oxygen atoms in total. The van der Waals surface area contributed by atoms with E-state index in [1.54, 1.807) is 0 Å². The zero-order valence-electron chi connectivity index (χ0n) is 13.7. The van der Waals surface area contributed by atoms with E-state index in [-0.39, 0.29) is 41.5 Å². The molecule has 116 valence electrons. The minimum absolute atomic E-state index is 0.0435. The molecule has 4 atom stereocenters. The fourth-order valence-corrected chi connectivity index (χ4v) is 3.70. The molecule has 1 aliphatic rings. The molecule has 1 aliphatic heterocycles. The van der Waals surface area contributed by atoms with E-state index in [1.165, 1.54) is 0 Å². The Kier molecular flexibility index (Phi) is 5.19. The van der Waals surface area contributed by atoms with E-state index in [0.717, 1.165) is 6.29 Å². The average Bonchev–Trinajstić information content (AvgIpc) is 2.30. The largest absolute Gasteiger partial charge is 0.461 e. The summed E-state index contributed by atoms with van der Waals surface area (Å²) in [4.78, 5) is 22.7. The first-order valence-corrected chi connectivity index (χ1v) is 10.2. The number of cyclic esters (lactones) is 1. The lowest BCUT2D eigenvalue weighted by Crippen LogP contribution is -2.54. The van der Waals surface area contributed by atoms with Crippen LogP contribution in [0.4, 0.5) is 0 Å². The number of ether oxygens (including phenoxy) is 1. The summed E-state index contributed by atoms with van der Waals surface area (Å²) in [5, 5.41) is 0.0912. The van der Waals surface area contributed by atoms with Crippen molar-refractivity contribution < 1.29 is 18.8 Å². The molecule has 1 saturated heterocycles. The lowest BCUT2D eigenvalue weighted by atomic mass is 9.85. The molecule has 0 bridgehead atoms. The van der Waals surface area contributed by atoms with Crippen LogP contribution in [0, 0.1) is 11.8 Å². The second kappa shape index (κ2) is 5.98. The van der Waals surface area contributed by atoms with Gasteiger partial charge in [0.25, 0.3) is 0 Å². The van der Waals surface area contributed by atoms with Crippen molar-refractivity contribution in [1.29, 1.82) is 0 Å². The Bertz CT molecular complexity index is 373. The summed E-state index contributed by atoms with van der Waals surface area (Å²) in [6.07, 6.45) is 0.540. The van der Waals surface area contributed by atoms with Gasteiger partial charge in [0.2, 0.25) is 0 Å². The third kappa shape index (κ3) is 3.50. The third-order valence-corrected chi connectivity index (χ3v) is 9.28. The molecule has 0 saturated carbocycles. The zero-order valence-corrected chi connectivity index (χ0v) is 14.7. The fourth-order valence-electron chi connectivity index (χ4n) is 2.25. The van der Waals surface area contributed by atoms with Crippen molar-refractivity contribution in [2.75, 3.05) is 0 Å². The number of hydrogen-bond acceptors (Lipinski definition) is 4. The molecular weight excluding hydrogens is 272 g/mol. The van der Waals surface area contributed by atoms with Gasteiger partial charge in [-0.3, -0.25) is 4.79 Å². The van der Waals surface area contributed by atoms with Crippen molar-refractivity contribution >= 4 is 20.6 Å². The maximum absolute atomic E-state index is 12.0. The molecule has 0 radical (unpaired) electrons. The van der Waals surface area contributed by atoms with Gasteiger partial charge in [0.05, 0.1) is 12.0 Å². The third-order valence-electron chi connectivity index (χ3n) is 4.80. The van der Waals surface area contributed by atoms with E-state index in [9.17, 15) is 9.59 Å². The molecule has 1 heterocycles. The second-order valence-electron chi connectivity index (χ2n) is 7.37. The normalized spacial score (nSPS) is 31.9. The van der Waals surface area contributed by atoms with Crippen molar-refractivity contribution in [3.8, 4) is 0 Å². The van der Waals surface area contributed by atoms with Gasteiger partial charge in [0, 0.05) is 12.3 Å². The molecule has 0 N–H and O–H groups in total. The van der Waals surface area contributed by atoms with Crippen molar-refractivity contribution in [3.63, 3.8) is 0 Å². The highest BCUT2D eigenvalue weighted by Gasteiger charge is 2.47. The van der Waals surface area contributed by atoms with Crippen LogP contribution in [0.5, 0.6) is 0 Å². The van der Waals surface area contributed by atoms with Crippen molar-refractivity contribution in [3.05, 3.63) is 0 Å². The molecule has 0 unspecified atom stereocenters. The highest BCUT2D eigenvalue weighted by Crippen LogP contribution is 2.41. The van der Waals surface area contributed by atoms with Crippen LogP contribution in [0.2, 0.25) is 18.1 Å². The molecule has 0 amide bonds. The Hall–Kier alpha value is -0.683. The molecule has 0 aromatic heterocycles. The van der Waals surface area contributed by atoms with Gasteiger partial charge >= 0.3 is 5.97 Å². The summed E-state index contributed by atoms with van der Waals surface area (Å²) in [5.41, 5.74) is 0. The van der Waals surface area contributed by atoms with E-state index < -0.39 is 8.32 Å². The predicted octanol–water partition coefficient (Wildman–Crippen LogP) is 3.16. The van der Waals surface area contributed by atoms with Crippen LogP contribution in [0.25, 0.3) is 0 Å². The van der Waals surface area contributed by atoms with Crippen LogP contribution in [-0.4, -0.2) is 32.8 Å². The van der Waals surface area contributed by atoms with E-state index >= 15 is 0 Å². The molecule has 1 fully saturated rings. The van der Waals surface area contributed by atoms with Gasteiger partial charge in [-0.2, -0.15) is 0 Å². The highest BCUT2D eigenvalue weighted by molar-refractivity contribution is 6.74. The van der Waals surface area contributed by atoms with E-state index in [1.807, 2.05) is 13.8 Å². The zero-order chi connectivity index (χ0) is 15.7. The number of aldehydes is 1. The summed E-state index contributed by atoms with van der Waals surface area (Å²) < 4.78 is 11.8.